The van der Waals surface area contributed by atoms with E-state index in [2.05, 4.69) is 15.3 Å². The highest BCUT2D eigenvalue weighted by molar-refractivity contribution is 5.96. The summed E-state index contributed by atoms with van der Waals surface area (Å²) < 4.78 is 90.8. The first-order chi connectivity index (χ1) is 21.9. The van der Waals surface area contributed by atoms with Crippen molar-refractivity contribution in [1.29, 1.82) is 0 Å². The summed E-state index contributed by atoms with van der Waals surface area (Å²) in [5, 5.41) is 8.93. The van der Waals surface area contributed by atoms with E-state index in [0.29, 0.717) is 33.7 Å². The molecular weight excluding hydrogens is 609 g/mol. The van der Waals surface area contributed by atoms with Gasteiger partial charge in [-0.3, -0.25) is 14.6 Å². The second-order valence-electron chi connectivity index (χ2n) is 11.5. The van der Waals surface area contributed by atoms with Crippen LogP contribution in [-0.2, 0) is 18.4 Å². The molecule has 1 fully saturated rings. The number of methoxy groups -OCH3 is 1. The van der Waals surface area contributed by atoms with Crippen molar-refractivity contribution in [3.05, 3.63) is 94.9 Å². The van der Waals surface area contributed by atoms with Crippen molar-refractivity contribution < 1.29 is 36.2 Å². The van der Waals surface area contributed by atoms with Gasteiger partial charge in [0.25, 0.3) is 0 Å². The monoisotopic (exact) mass is 639 g/mol. The number of hydrogen-bond acceptors (Lipinski definition) is 7. The minimum atomic E-state index is -4.74. The van der Waals surface area contributed by atoms with Gasteiger partial charge in [-0.2, -0.15) is 17.6 Å². The molecule has 0 spiro atoms. The maximum absolute atomic E-state index is 14.9. The van der Waals surface area contributed by atoms with Crippen molar-refractivity contribution in [3.8, 4) is 22.9 Å². The Morgan fingerprint density at radius 1 is 1.04 bits per heavy atom. The van der Waals surface area contributed by atoms with Crippen molar-refractivity contribution >= 4 is 10.9 Å². The lowest BCUT2D eigenvalue weighted by atomic mass is 9.74. The minimum Gasteiger partial charge on any atom is -0.493 e. The zero-order valence-electron chi connectivity index (χ0n) is 25.4. The molecule has 0 radical (unpaired) electrons. The van der Waals surface area contributed by atoms with Crippen molar-refractivity contribution in [2.75, 3.05) is 13.7 Å². The van der Waals surface area contributed by atoms with E-state index in [1.54, 1.807) is 30.1 Å². The second-order valence-corrected chi connectivity index (χ2v) is 11.5. The number of halogens is 5. The smallest absolute Gasteiger partial charge is 0.417 e. The molecule has 1 saturated heterocycles. The maximum Gasteiger partial charge on any atom is 0.417 e. The van der Waals surface area contributed by atoms with Gasteiger partial charge in [0.2, 0.25) is 5.82 Å². The quantitative estimate of drug-likeness (QED) is 0.174. The number of benzene rings is 2. The van der Waals surface area contributed by atoms with Crippen LogP contribution in [0.2, 0.25) is 0 Å². The van der Waals surface area contributed by atoms with Crippen LogP contribution in [0.4, 0.5) is 22.0 Å². The highest BCUT2D eigenvalue weighted by Crippen LogP contribution is 2.52. The third kappa shape index (κ3) is 5.52. The summed E-state index contributed by atoms with van der Waals surface area (Å²) >= 11 is 0. The van der Waals surface area contributed by atoms with Gasteiger partial charge < -0.3 is 14.2 Å². The summed E-state index contributed by atoms with van der Waals surface area (Å²) in [4.78, 5) is 9.45. The van der Waals surface area contributed by atoms with Gasteiger partial charge in [0, 0.05) is 36.7 Å². The number of hydrogen-bond donors (Lipinski definition) is 0. The molecule has 6 rings (SSSR count). The van der Waals surface area contributed by atoms with Crippen LogP contribution < -0.4 is 9.47 Å². The van der Waals surface area contributed by atoms with Crippen LogP contribution in [0.25, 0.3) is 22.3 Å². The molecule has 1 aliphatic rings. The van der Waals surface area contributed by atoms with Gasteiger partial charge >= 0.3 is 6.18 Å². The van der Waals surface area contributed by atoms with Crippen LogP contribution in [0.15, 0.2) is 60.8 Å². The molecule has 8 nitrogen and oxygen atoms in total. The van der Waals surface area contributed by atoms with Gasteiger partial charge in [-0.25, -0.2) is 4.39 Å². The van der Waals surface area contributed by atoms with E-state index in [4.69, 9.17) is 19.2 Å². The van der Waals surface area contributed by atoms with Gasteiger partial charge in [-0.15, -0.1) is 5.10 Å². The van der Waals surface area contributed by atoms with Crippen LogP contribution in [0.5, 0.6) is 11.5 Å². The average Bonchev–Trinajstić information content (AvgIpc) is 3.37. The van der Waals surface area contributed by atoms with Gasteiger partial charge in [-0.05, 0) is 38.0 Å². The van der Waals surface area contributed by atoms with E-state index in [9.17, 15) is 22.0 Å². The summed E-state index contributed by atoms with van der Waals surface area (Å²) in [7, 11) is 2.90. The number of aromatic nitrogens is 5. The topological polar surface area (TPSA) is 84.2 Å². The van der Waals surface area contributed by atoms with E-state index >= 15 is 0 Å². The molecule has 13 heteroatoms. The number of fused-ring (bicyclic) bond motifs is 1. The standard InChI is InChI=1S/C33H30F5N5O3/c1-18-29(41-42-43(18)3)30-27-24(12-13-39-30)40-25(14-26(27)45-16-19-8-6-5-7-9-19)22-17-46-32(2,33(36,37)38)15-21(22)20-10-11-23(34)28(35)31(20)44-4/h5-14,21-22H,15-17H2,1-4H3/t21-,22+,32+/m0/s1. The SMILES string of the molecule is COc1c([C@@H]2C[C@](C)(C(F)(F)F)OC[C@H]2c2cc(OCc3ccccc3)c3c(-c4nnn(C)c4C)nccc3n2)ccc(F)c1F. The number of ether oxygens (including phenoxy) is 3. The summed E-state index contributed by atoms with van der Waals surface area (Å²) in [6.07, 6.45) is -3.78. The Morgan fingerprint density at radius 3 is 2.48 bits per heavy atom. The first-order valence-electron chi connectivity index (χ1n) is 14.5. The maximum atomic E-state index is 14.9. The summed E-state index contributed by atoms with van der Waals surface area (Å²) in [6, 6.07) is 14.9. The molecule has 0 aliphatic carbocycles. The number of alkyl halides is 3. The van der Waals surface area contributed by atoms with Crippen molar-refractivity contribution in [2.24, 2.45) is 7.05 Å². The molecule has 240 valence electrons. The van der Waals surface area contributed by atoms with Crippen LogP contribution in [0.1, 0.15) is 47.7 Å². The molecule has 0 saturated carbocycles. The number of aryl methyl sites for hydroxylation is 1. The lowest BCUT2D eigenvalue weighted by Gasteiger charge is -2.43. The Balaban J connectivity index is 1.54. The third-order valence-electron chi connectivity index (χ3n) is 8.61. The molecule has 1 aliphatic heterocycles. The lowest BCUT2D eigenvalue weighted by Crippen LogP contribution is -2.50. The number of pyridine rings is 2. The van der Waals surface area contributed by atoms with E-state index in [-0.39, 0.29) is 12.2 Å². The highest BCUT2D eigenvalue weighted by Gasteiger charge is 2.57. The summed E-state index contributed by atoms with van der Waals surface area (Å²) in [5.41, 5.74) is 0.891. The minimum absolute atomic E-state index is 0.0735. The van der Waals surface area contributed by atoms with E-state index < -0.39 is 54.0 Å². The Bertz CT molecular complexity index is 1900. The molecule has 0 N–H and O–H groups in total. The molecule has 5 aromatic rings. The average molecular weight is 640 g/mol. The van der Waals surface area contributed by atoms with E-state index in [0.717, 1.165) is 31.4 Å². The molecule has 0 amide bonds. The lowest BCUT2D eigenvalue weighted by molar-refractivity contribution is -0.286. The van der Waals surface area contributed by atoms with Crippen LogP contribution in [0, 0.1) is 18.6 Å². The van der Waals surface area contributed by atoms with Crippen molar-refractivity contribution in [1.82, 2.24) is 25.0 Å². The highest BCUT2D eigenvalue weighted by atomic mass is 19.4. The predicted octanol–water partition coefficient (Wildman–Crippen LogP) is 7.21. The first-order valence-corrected chi connectivity index (χ1v) is 14.5. The number of rotatable bonds is 7. The van der Waals surface area contributed by atoms with Crippen LogP contribution in [0.3, 0.4) is 0 Å². The first kappa shape index (κ1) is 31.3. The molecule has 3 atom stereocenters. The molecule has 46 heavy (non-hydrogen) atoms. The fraction of sp³-hybridized carbons (Fsp3) is 0.333. The fourth-order valence-corrected chi connectivity index (χ4v) is 5.88. The molecule has 0 bridgehead atoms. The molecule has 3 aromatic heterocycles. The molecular formula is C33H30F5N5O3. The largest absolute Gasteiger partial charge is 0.493 e. The molecule has 0 unspecified atom stereocenters. The summed E-state index contributed by atoms with van der Waals surface area (Å²) in [6.45, 7) is 2.55. The predicted molar refractivity (Wildman–Crippen MR) is 158 cm³/mol. The number of nitrogens with zero attached hydrogens (tertiary/aromatic N) is 5. The van der Waals surface area contributed by atoms with Gasteiger partial charge in [0.15, 0.2) is 17.2 Å². The zero-order chi connectivity index (χ0) is 32.8. The van der Waals surface area contributed by atoms with Crippen molar-refractivity contribution in [3.63, 3.8) is 0 Å². The third-order valence-corrected chi connectivity index (χ3v) is 8.61. The van der Waals surface area contributed by atoms with Gasteiger partial charge in [0.1, 0.15) is 23.7 Å². The zero-order valence-corrected chi connectivity index (χ0v) is 25.4. The van der Waals surface area contributed by atoms with E-state index in [1.807, 2.05) is 37.3 Å². The van der Waals surface area contributed by atoms with Gasteiger partial charge in [0.05, 0.1) is 36.0 Å². The summed E-state index contributed by atoms with van der Waals surface area (Å²) in [5.74, 6) is -4.42. The van der Waals surface area contributed by atoms with Gasteiger partial charge in [-0.1, -0.05) is 41.6 Å². The van der Waals surface area contributed by atoms with Crippen LogP contribution >= 0.6 is 0 Å². The Morgan fingerprint density at radius 2 is 1.80 bits per heavy atom. The van der Waals surface area contributed by atoms with Crippen LogP contribution in [-0.4, -0.2) is 50.5 Å². The molecule has 2 aromatic carbocycles. The van der Waals surface area contributed by atoms with E-state index in [1.165, 1.54) is 6.07 Å². The molecule has 4 heterocycles. The van der Waals surface area contributed by atoms with Crippen molar-refractivity contribution in [2.45, 2.75) is 50.5 Å². The fourth-order valence-electron chi connectivity index (χ4n) is 5.88. The Labute approximate surface area is 261 Å². The second kappa shape index (κ2) is 11.9. The Hall–Kier alpha value is -4.65. The Kier molecular flexibility index (Phi) is 8.13. The normalized spacial score (nSPS) is 20.2.